The second-order valence-electron chi connectivity index (χ2n) is 5.42. The van der Waals surface area contributed by atoms with Crippen molar-refractivity contribution in [2.75, 3.05) is 20.2 Å². The minimum Gasteiger partial charge on any atom is -0.479 e. The number of aromatic nitrogens is 1. The molecule has 0 spiro atoms. The number of ether oxygens (including phenoxy) is 1. The lowest BCUT2D eigenvalue weighted by Crippen LogP contribution is -2.44. The molecule has 0 radical (unpaired) electrons. The molecule has 0 amide bonds. The molecular formula is C15H16N2O5S. The van der Waals surface area contributed by atoms with E-state index < -0.39 is 21.6 Å². The third-order valence-corrected chi connectivity index (χ3v) is 6.07. The third kappa shape index (κ3) is 2.48. The quantitative estimate of drug-likeness (QED) is 0.898. The van der Waals surface area contributed by atoms with E-state index in [1.807, 2.05) is 0 Å². The highest BCUT2D eigenvalue weighted by Crippen LogP contribution is 2.32. The maximum atomic E-state index is 12.9. The molecule has 1 aromatic carbocycles. The van der Waals surface area contributed by atoms with Crippen molar-refractivity contribution >= 4 is 26.9 Å². The summed E-state index contributed by atoms with van der Waals surface area (Å²) in [5.41, 5.74) is -1.12. The summed E-state index contributed by atoms with van der Waals surface area (Å²) >= 11 is 0. The molecule has 1 fully saturated rings. The number of carboxylic acids is 1. The Morgan fingerprint density at radius 1 is 1.35 bits per heavy atom. The Morgan fingerprint density at radius 2 is 2.09 bits per heavy atom. The largest absolute Gasteiger partial charge is 0.479 e. The number of methoxy groups -OCH3 is 1. The number of fused-ring (bicyclic) bond motifs is 1. The fourth-order valence-electron chi connectivity index (χ4n) is 2.81. The van der Waals surface area contributed by atoms with Gasteiger partial charge in [0.1, 0.15) is 4.90 Å². The average Bonchev–Trinajstić information content (AvgIpc) is 3.01. The van der Waals surface area contributed by atoms with E-state index in [9.17, 15) is 18.3 Å². The van der Waals surface area contributed by atoms with Gasteiger partial charge >= 0.3 is 5.97 Å². The third-order valence-electron chi connectivity index (χ3n) is 4.19. The van der Waals surface area contributed by atoms with Gasteiger partial charge < -0.3 is 9.84 Å². The monoisotopic (exact) mass is 336 g/mol. The van der Waals surface area contributed by atoms with Crippen LogP contribution in [0.2, 0.25) is 0 Å². The van der Waals surface area contributed by atoms with Gasteiger partial charge in [0.15, 0.2) is 5.60 Å². The van der Waals surface area contributed by atoms with Crippen LogP contribution in [0.5, 0.6) is 0 Å². The van der Waals surface area contributed by atoms with Crippen molar-refractivity contribution in [1.29, 1.82) is 0 Å². The number of carbonyl (C=O) groups is 1. The van der Waals surface area contributed by atoms with Crippen LogP contribution < -0.4 is 0 Å². The normalized spacial score (nSPS) is 22.5. The van der Waals surface area contributed by atoms with Gasteiger partial charge in [-0.25, -0.2) is 13.2 Å². The summed E-state index contributed by atoms with van der Waals surface area (Å²) in [4.78, 5) is 15.7. The number of sulfonamides is 1. The average molecular weight is 336 g/mol. The van der Waals surface area contributed by atoms with E-state index in [-0.39, 0.29) is 24.4 Å². The SMILES string of the molecule is COC1(C(=O)O)CCN(S(=O)(=O)c2cccc3cccnc23)C1. The van der Waals surface area contributed by atoms with E-state index in [1.165, 1.54) is 19.4 Å². The Kier molecular flexibility index (Phi) is 3.83. The summed E-state index contributed by atoms with van der Waals surface area (Å²) in [5.74, 6) is -1.16. The number of pyridine rings is 1. The van der Waals surface area contributed by atoms with E-state index in [4.69, 9.17) is 4.74 Å². The first-order valence-corrected chi connectivity index (χ1v) is 8.47. The number of nitrogens with zero attached hydrogens (tertiary/aromatic N) is 2. The molecular weight excluding hydrogens is 320 g/mol. The minimum atomic E-state index is -3.85. The minimum absolute atomic E-state index is 0.0768. The van der Waals surface area contributed by atoms with Gasteiger partial charge in [-0.1, -0.05) is 18.2 Å². The Morgan fingerprint density at radius 3 is 2.74 bits per heavy atom. The van der Waals surface area contributed by atoms with Crippen molar-refractivity contribution in [2.24, 2.45) is 0 Å². The number of rotatable bonds is 4. The number of hydrogen-bond acceptors (Lipinski definition) is 5. The van der Waals surface area contributed by atoms with Gasteiger partial charge in [-0.3, -0.25) is 4.98 Å². The van der Waals surface area contributed by atoms with Crippen molar-refractivity contribution in [1.82, 2.24) is 9.29 Å². The fourth-order valence-corrected chi connectivity index (χ4v) is 4.46. The second-order valence-corrected chi connectivity index (χ2v) is 7.33. The van der Waals surface area contributed by atoms with Crippen LogP contribution in [0.25, 0.3) is 10.9 Å². The van der Waals surface area contributed by atoms with Gasteiger partial charge in [0.05, 0.1) is 12.1 Å². The smallest absolute Gasteiger partial charge is 0.337 e. The summed E-state index contributed by atoms with van der Waals surface area (Å²) in [6, 6.07) is 8.42. The van der Waals surface area contributed by atoms with Gasteiger partial charge in [-0.05, 0) is 12.1 Å². The molecule has 0 aliphatic carbocycles. The van der Waals surface area contributed by atoms with E-state index in [2.05, 4.69) is 4.98 Å². The van der Waals surface area contributed by atoms with Crippen molar-refractivity contribution in [3.05, 3.63) is 36.5 Å². The molecule has 1 atom stereocenters. The summed E-state index contributed by atoms with van der Waals surface area (Å²) in [6.07, 6.45) is 1.64. The molecule has 1 aliphatic rings. The van der Waals surface area contributed by atoms with E-state index in [1.54, 1.807) is 24.3 Å². The Balaban J connectivity index is 2.04. The first-order chi connectivity index (χ1) is 10.9. The molecule has 122 valence electrons. The molecule has 1 unspecified atom stereocenters. The van der Waals surface area contributed by atoms with Crippen LogP contribution in [-0.4, -0.2) is 54.6 Å². The lowest BCUT2D eigenvalue weighted by atomic mass is 10.0. The maximum Gasteiger partial charge on any atom is 0.337 e. The van der Waals surface area contributed by atoms with Crippen molar-refractivity contribution in [3.8, 4) is 0 Å². The molecule has 1 N–H and O–H groups in total. The van der Waals surface area contributed by atoms with Crippen LogP contribution in [0.1, 0.15) is 6.42 Å². The predicted octanol–water partition coefficient (Wildman–Crippen LogP) is 1.10. The molecule has 1 aromatic heterocycles. The van der Waals surface area contributed by atoms with Crippen molar-refractivity contribution in [2.45, 2.75) is 16.9 Å². The highest BCUT2D eigenvalue weighted by atomic mass is 32.2. The van der Waals surface area contributed by atoms with Crippen molar-refractivity contribution in [3.63, 3.8) is 0 Å². The van der Waals surface area contributed by atoms with Crippen LogP contribution in [0, 0.1) is 0 Å². The van der Waals surface area contributed by atoms with Crippen LogP contribution in [0.15, 0.2) is 41.4 Å². The number of aliphatic carboxylic acids is 1. The number of hydrogen-bond donors (Lipinski definition) is 1. The molecule has 8 heteroatoms. The first-order valence-electron chi connectivity index (χ1n) is 7.03. The standard InChI is InChI=1S/C15H16N2O5S/c1-22-15(14(18)19)7-9-17(10-15)23(20,21)12-6-2-4-11-5-3-8-16-13(11)12/h2-6,8H,7,9-10H2,1H3,(H,18,19). The number of para-hydroxylation sites is 1. The van der Waals surface area contributed by atoms with Gasteiger partial charge in [-0.15, -0.1) is 0 Å². The maximum absolute atomic E-state index is 12.9. The molecule has 2 heterocycles. The molecule has 0 saturated carbocycles. The molecule has 1 saturated heterocycles. The van der Waals surface area contributed by atoms with E-state index >= 15 is 0 Å². The first kappa shape index (κ1) is 15.9. The van der Waals surface area contributed by atoms with Gasteiger partial charge in [0.25, 0.3) is 0 Å². The Labute approximate surface area is 133 Å². The molecule has 23 heavy (non-hydrogen) atoms. The highest BCUT2D eigenvalue weighted by molar-refractivity contribution is 7.89. The second kappa shape index (κ2) is 5.55. The summed E-state index contributed by atoms with van der Waals surface area (Å²) in [7, 11) is -2.57. The summed E-state index contributed by atoms with van der Waals surface area (Å²) in [5, 5.41) is 10.0. The lowest BCUT2D eigenvalue weighted by Gasteiger charge is -2.23. The van der Waals surface area contributed by atoms with Gasteiger partial charge in [0.2, 0.25) is 10.0 Å². The van der Waals surface area contributed by atoms with Crippen molar-refractivity contribution < 1.29 is 23.1 Å². The molecule has 1 aliphatic heterocycles. The molecule has 3 rings (SSSR count). The highest BCUT2D eigenvalue weighted by Gasteiger charge is 2.49. The number of carboxylic acid groups (broad SMARTS) is 1. The van der Waals surface area contributed by atoms with Crippen LogP contribution in [0.4, 0.5) is 0 Å². The van der Waals surface area contributed by atoms with Crippen LogP contribution >= 0.6 is 0 Å². The summed E-state index contributed by atoms with van der Waals surface area (Å²) < 4.78 is 32.1. The van der Waals surface area contributed by atoms with Crippen LogP contribution in [-0.2, 0) is 19.6 Å². The van der Waals surface area contributed by atoms with E-state index in [0.29, 0.717) is 10.9 Å². The zero-order chi connectivity index (χ0) is 16.7. The fraction of sp³-hybridized carbons (Fsp3) is 0.333. The Hall–Kier alpha value is -2.03. The van der Waals surface area contributed by atoms with E-state index in [0.717, 1.165) is 4.31 Å². The zero-order valence-electron chi connectivity index (χ0n) is 12.5. The molecule has 2 aromatic rings. The van der Waals surface area contributed by atoms with Crippen LogP contribution in [0.3, 0.4) is 0 Å². The summed E-state index contributed by atoms with van der Waals surface area (Å²) in [6.45, 7) is -0.129. The Bertz CT molecular complexity index is 862. The zero-order valence-corrected chi connectivity index (χ0v) is 13.3. The topological polar surface area (TPSA) is 96.8 Å². The lowest BCUT2D eigenvalue weighted by molar-refractivity contribution is -0.160. The number of benzene rings is 1. The van der Waals surface area contributed by atoms with Gasteiger partial charge in [-0.2, -0.15) is 4.31 Å². The van der Waals surface area contributed by atoms with Gasteiger partial charge in [0, 0.05) is 31.7 Å². The predicted molar refractivity (Wildman–Crippen MR) is 82.5 cm³/mol. The molecule has 7 nitrogen and oxygen atoms in total. The molecule has 0 bridgehead atoms.